The number of methoxy groups -OCH3 is 1. The highest BCUT2D eigenvalue weighted by Crippen LogP contribution is 2.15. The third kappa shape index (κ3) is 4.01. The van der Waals surface area contributed by atoms with Crippen LogP contribution >= 0.6 is 0 Å². The highest BCUT2D eigenvalue weighted by molar-refractivity contribution is 5.90. The summed E-state index contributed by atoms with van der Waals surface area (Å²) in [6.07, 6.45) is 6.48. The fourth-order valence-electron chi connectivity index (χ4n) is 2.40. The zero-order valence-electron chi connectivity index (χ0n) is 13.5. The molecule has 1 heterocycles. The van der Waals surface area contributed by atoms with E-state index in [-0.39, 0.29) is 5.91 Å². The highest BCUT2D eigenvalue weighted by atomic mass is 16.5. The molecule has 2 aromatic carbocycles. The smallest absolute Gasteiger partial charge is 0.224 e. The Balaban J connectivity index is 1.52. The van der Waals surface area contributed by atoms with Gasteiger partial charge in [0.05, 0.1) is 13.4 Å². The van der Waals surface area contributed by atoms with E-state index in [0.29, 0.717) is 12.8 Å². The normalized spacial score (nSPS) is 10.4. The number of anilines is 1. The fraction of sp³-hybridized carbons (Fsp3) is 0.158. The minimum absolute atomic E-state index is 0.00111. The number of benzene rings is 2. The number of nitrogens with one attached hydrogen (secondary N) is 1. The number of imidazole rings is 1. The Morgan fingerprint density at radius 1 is 1.12 bits per heavy atom. The Morgan fingerprint density at radius 2 is 1.88 bits per heavy atom. The molecule has 3 aromatic rings. The van der Waals surface area contributed by atoms with E-state index in [2.05, 4.69) is 10.3 Å². The molecule has 24 heavy (non-hydrogen) atoms. The lowest BCUT2D eigenvalue weighted by Crippen LogP contribution is -2.12. The van der Waals surface area contributed by atoms with E-state index in [4.69, 9.17) is 4.74 Å². The SMILES string of the molecule is COc1ccc(CCC(=O)Nc2ccc(-n3ccnc3)cc2)cc1. The molecule has 0 saturated heterocycles. The van der Waals surface area contributed by atoms with Crippen LogP contribution in [0, 0.1) is 0 Å². The minimum atomic E-state index is 0.00111. The van der Waals surface area contributed by atoms with Crippen molar-refractivity contribution in [2.24, 2.45) is 0 Å². The van der Waals surface area contributed by atoms with Crippen LogP contribution in [0.3, 0.4) is 0 Å². The molecule has 1 N–H and O–H groups in total. The third-order valence-corrected chi connectivity index (χ3v) is 3.75. The first kappa shape index (κ1) is 15.8. The fourth-order valence-corrected chi connectivity index (χ4v) is 2.40. The number of aromatic nitrogens is 2. The first-order chi connectivity index (χ1) is 11.7. The van der Waals surface area contributed by atoms with Crippen molar-refractivity contribution < 1.29 is 9.53 Å². The summed E-state index contributed by atoms with van der Waals surface area (Å²) in [5.74, 6) is 0.822. The lowest BCUT2D eigenvalue weighted by molar-refractivity contribution is -0.116. The molecule has 0 aliphatic rings. The van der Waals surface area contributed by atoms with E-state index in [9.17, 15) is 4.79 Å². The summed E-state index contributed by atoms with van der Waals surface area (Å²) in [5, 5.41) is 2.92. The number of nitrogens with zero attached hydrogens (tertiary/aromatic N) is 2. The molecule has 0 saturated carbocycles. The maximum atomic E-state index is 12.1. The second kappa shape index (κ2) is 7.46. The number of carbonyl (C=O) groups excluding carboxylic acids is 1. The van der Waals surface area contributed by atoms with Crippen molar-refractivity contribution in [2.75, 3.05) is 12.4 Å². The van der Waals surface area contributed by atoms with Crippen LogP contribution in [-0.2, 0) is 11.2 Å². The number of ether oxygens (including phenoxy) is 1. The Kier molecular flexibility index (Phi) is 4.91. The molecule has 0 aliphatic heterocycles. The number of carbonyl (C=O) groups is 1. The van der Waals surface area contributed by atoms with Gasteiger partial charge in [-0.3, -0.25) is 4.79 Å². The van der Waals surface area contributed by atoms with Crippen LogP contribution in [0.15, 0.2) is 67.3 Å². The van der Waals surface area contributed by atoms with Crippen molar-refractivity contribution in [1.82, 2.24) is 9.55 Å². The molecule has 0 fully saturated rings. The summed E-state index contributed by atoms with van der Waals surface area (Å²) < 4.78 is 7.04. The Bertz CT molecular complexity index is 778. The van der Waals surface area contributed by atoms with E-state index in [1.165, 1.54) is 0 Å². The lowest BCUT2D eigenvalue weighted by atomic mass is 10.1. The molecule has 0 unspecified atom stereocenters. The molecule has 0 atom stereocenters. The quantitative estimate of drug-likeness (QED) is 0.756. The Morgan fingerprint density at radius 3 is 2.50 bits per heavy atom. The molecule has 5 heteroatoms. The summed E-state index contributed by atoms with van der Waals surface area (Å²) in [6, 6.07) is 15.4. The molecule has 0 aliphatic carbocycles. The molecule has 5 nitrogen and oxygen atoms in total. The molecule has 3 rings (SSSR count). The average Bonchev–Trinajstić information content (AvgIpc) is 3.16. The highest BCUT2D eigenvalue weighted by Gasteiger charge is 2.04. The molecule has 0 bridgehead atoms. The molecule has 122 valence electrons. The Hall–Kier alpha value is -3.08. The van der Waals surface area contributed by atoms with Gasteiger partial charge in [-0.05, 0) is 48.4 Å². The van der Waals surface area contributed by atoms with Gasteiger partial charge in [-0.15, -0.1) is 0 Å². The summed E-state index contributed by atoms with van der Waals surface area (Å²) in [4.78, 5) is 16.1. The first-order valence-electron chi connectivity index (χ1n) is 7.76. The Labute approximate surface area is 140 Å². The van der Waals surface area contributed by atoms with Gasteiger partial charge < -0.3 is 14.6 Å². The van der Waals surface area contributed by atoms with E-state index in [1.807, 2.05) is 59.3 Å². The predicted octanol–water partition coefficient (Wildman–Crippen LogP) is 3.45. The van der Waals surface area contributed by atoms with E-state index in [0.717, 1.165) is 22.7 Å². The molecule has 1 aromatic heterocycles. The topological polar surface area (TPSA) is 56.1 Å². The summed E-state index contributed by atoms with van der Waals surface area (Å²) in [5.41, 5.74) is 2.91. The van der Waals surface area contributed by atoms with Crippen LogP contribution < -0.4 is 10.1 Å². The van der Waals surface area contributed by atoms with Gasteiger partial charge in [-0.1, -0.05) is 12.1 Å². The number of hydrogen-bond donors (Lipinski definition) is 1. The van der Waals surface area contributed by atoms with Crippen molar-refractivity contribution in [2.45, 2.75) is 12.8 Å². The number of hydrogen-bond acceptors (Lipinski definition) is 3. The molecular weight excluding hydrogens is 302 g/mol. The molecule has 1 amide bonds. The average molecular weight is 321 g/mol. The third-order valence-electron chi connectivity index (χ3n) is 3.75. The van der Waals surface area contributed by atoms with Crippen LogP contribution in [0.25, 0.3) is 5.69 Å². The van der Waals surface area contributed by atoms with Crippen molar-refractivity contribution in [1.29, 1.82) is 0 Å². The second-order valence-corrected chi connectivity index (χ2v) is 5.41. The van der Waals surface area contributed by atoms with Gasteiger partial charge in [-0.2, -0.15) is 0 Å². The van der Waals surface area contributed by atoms with Gasteiger partial charge in [0.2, 0.25) is 5.91 Å². The summed E-state index contributed by atoms with van der Waals surface area (Å²) in [7, 11) is 1.64. The number of aryl methyl sites for hydroxylation is 1. The van der Waals surface area contributed by atoms with Crippen LogP contribution in [0.1, 0.15) is 12.0 Å². The van der Waals surface area contributed by atoms with Crippen molar-refractivity contribution >= 4 is 11.6 Å². The first-order valence-corrected chi connectivity index (χ1v) is 7.76. The monoisotopic (exact) mass is 321 g/mol. The summed E-state index contributed by atoms with van der Waals surface area (Å²) in [6.45, 7) is 0. The van der Waals surface area contributed by atoms with Crippen LogP contribution in [0.5, 0.6) is 5.75 Å². The van der Waals surface area contributed by atoms with Crippen molar-refractivity contribution in [3.05, 3.63) is 72.8 Å². The second-order valence-electron chi connectivity index (χ2n) is 5.41. The zero-order chi connectivity index (χ0) is 16.8. The molecular formula is C19H19N3O2. The van der Waals surface area contributed by atoms with Gasteiger partial charge in [0.15, 0.2) is 0 Å². The molecule has 0 spiro atoms. The largest absolute Gasteiger partial charge is 0.497 e. The van der Waals surface area contributed by atoms with Crippen LogP contribution in [-0.4, -0.2) is 22.6 Å². The zero-order valence-corrected chi connectivity index (χ0v) is 13.5. The van der Waals surface area contributed by atoms with Crippen LogP contribution in [0.2, 0.25) is 0 Å². The van der Waals surface area contributed by atoms with Crippen LogP contribution in [0.4, 0.5) is 5.69 Å². The van der Waals surface area contributed by atoms with Gasteiger partial charge in [-0.25, -0.2) is 4.98 Å². The van der Waals surface area contributed by atoms with Gasteiger partial charge in [0, 0.05) is 30.2 Å². The van der Waals surface area contributed by atoms with Gasteiger partial charge in [0.25, 0.3) is 0 Å². The minimum Gasteiger partial charge on any atom is -0.497 e. The summed E-state index contributed by atoms with van der Waals surface area (Å²) >= 11 is 0. The maximum Gasteiger partial charge on any atom is 0.224 e. The van der Waals surface area contributed by atoms with E-state index in [1.54, 1.807) is 19.6 Å². The molecule has 0 radical (unpaired) electrons. The number of amides is 1. The predicted molar refractivity (Wildman–Crippen MR) is 93.5 cm³/mol. The standard InChI is InChI=1S/C19H19N3O2/c1-24-18-9-2-15(3-10-18)4-11-19(23)21-16-5-7-17(8-6-16)22-13-12-20-14-22/h2-3,5-10,12-14H,4,11H2,1H3,(H,21,23). The van der Waals surface area contributed by atoms with Gasteiger partial charge >= 0.3 is 0 Å². The lowest BCUT2D eigenvalue weighted by Gasteiger charge is -2.07. The maximum absolute atomic E-state index is 12.1. The van der Waals surface area contributed by atoms with E-state index >= 15 is 0 Å². The number of rotatable bonds is 6. The van der Waals surface area contributed by atoms with Crippen molar-refractivity contribution in [3.8, 4) is 11.4 Å². The van der Waals surface area contributed by atoms with E-state index < -0.39 is 0 Å². The van der Waals surface area contributed by atoms with Gasteiger partial charge in [0.1, 0.15) is 5.75 Å². The van der Waals surface area contributed by atoms with Crippen molar-refractivity contribution in [3.63, 3.8) is 0 Å².